The molecule has 13 heavy (non-hydrogen) atoms. The maximum absolute atomic E-state index is 8.87. The Morgan fingerprint density at radius 2 is 2.00 bits per heavy atom. The van der Waals surface area contributed by atoms with E-state index in [1.54, 1.807) is 7.11 Å². The molecule has 0 rings (SSSR count). The van der Waals surface area contributed by atoms with Crippen LogP contribution in [-0.2, 0) is 4.74 Å². The van der Waals surface area contributed by atoms with Gasteiger partial charge >= 0.3 is 0 Å². The number of aliphatic hydroxyl groups excluding tert-OH is 1. The second kappa shape index (κ2) is 6.32. The van der Waals surface area contributed by atoms with E-state index in [4.69, 9.17) is 15.6 Å². The fraction of sp³-hybridized carbons (Fsp3) is 1.00. The largest absolute Gasteiger partial charge is 0.395 e. The first-order valence-electron chi connectivity index (χ1n) is 4.63. The minimum absolute atomic E-state index is 0.0682. The highest BCUT2D eigenvalue weighted by molar-refractivity contribution is 4.82. The number of nitrogens with two attached hydrogens (primary N) is 1. The predicted octanol–water partition coefficient (Wildman–Crippen LogP) is -0.336. The SMILES string of the molecule is COCCN(CCO)C(C)(C)CN. The molecule has 0 aromatic heterocycles. The molecule has 4 heteroatoms. The first-order valence-corrected chi connectivity index (χ1v) is 4.63. The molecule has 80 valence electrons. The minimum atomic E-state index is -0.0682. The number of nitrogens with zero attached hydrogens (tertiary/aromatic N) is 1. The normalized spacial score (nSPS) is 12.5. The molecule has 0 aromatic rings. The quantitative estimate of drug-likeness (QED) is 0.577. The lowest BCUT2D eigenvalue weighted by Gasteiger charge is -2.37. The van der Waals surface area contributed by atoms with Gasteiger partial charge in [0.25, 0.3) is 0 Å². The molecule has 0 heterocycles. The fourth-order valence-corrected chi connectivity index (χ4v) is 1.17. The molecule has 0 amide bonds. The van der Waals surface area contributed by atoms with Crippen LogP contribution >= 0.6 is 0 Å². The zero-order chi connectivity index (χ0) is 10.3. The van der Waals surface area contributed by atoms with E-state index in [9.17, 15) is 0 Å². The molecule has 0 unspecified atom stereocenters. The number of methoxy groups -OCH3 is 1. The molecule has 0 fully saturated rings. The van der Waals surface area contributed by atoms with E-state index >= 15 is 0 Å². The van der Waals surface area contributed by atoms with Crippen molar-refractivity contribution in [3.05, 3.63) is 0 Å². The smallest absolute Gasteiger partial charge is 0.0589 e. The average molecular weight is 190 g/mol. The Kier molecular flexibility index (Phi) is 6.24. The zero-order valence-corrected chi connectivity index (χ0v) is 8.92. The lowest BCUT2D eigenvalue weighted by atomic mass is 10.0. The third-order valence-corrected chi connectivity index (χ3v) is 2.29. The van der Waals surface area contributed by atoms with Crippen LogP contribution in [0.15, 0.2) is 0 Å². The third-order valence-electron chi connectivity index (χ3n) is 2.29. The Morgan fingerprint density at radius 1 is 1.38 bits per heavy atom. The van der Waals surface area contributed by atoms with Gasteiger partial charge in [0.15, 0.2) is 0 Å². The molecule has 3 N–H and O–H groups in total. The number of rotatable bonds is 7. The van der Waals surface area contributed by atoms with Crippen molar-refractivity contribution >= 4 is 0 Å². The summed E-state index contributed by atoms with van der Waals surface area (Å²) in [6.07, 6.45) is 0. The van der Waals surface area contributed by atoms with Crippen molar-refractivity contribution in [2.24, 2.45) is 5.73 Å². The molecule has 0 aliphatic rings. The van der Waals surface area contributed by atoms with Crippen molar-refractivity contribution in [2.75, 3.05) is 40.0 Å². The number of hydrogen-bond donors (Lipinski definition) is 2. The topological polar surface area (TPSA) is 58.7 Å². The summed E-state index contributed by atoms with van der Waals surface area (Å²) >= 11 is 0. The standard InChI is InChI=1S/C9H22N2O2/c1-9(2,8-10)11(4-6-12)5-7-13-3/h12H,4-8,10H2,1-3H3. The third kappa shape index (κ3) is 4.57. The monoisotopic (exact) mass is 190 g/mol. The van der Waals surface area contributed by atoms with Gasteiger partial charge in [-0.25, -0.2) is 0 Å². The second-order valence-electron chi connectivity index (χ2n) is 3.72. The fourth-order valence-electron chi connectivity index (χ4n) is 1.17. The molecule has 0 spiro atoms. The van der Waals surface area contributed by atoms with E-state index < -0.39 is 0 Å². The summed E-state index contributed by atoms with van der Waals surface area (Å²) in [6.45, 7) is 7.00. The highest BCUT2D eigenvalue weighted by Crippen LogP contribution is 2.11. The summed E-state index contributed by atoms with van der Waals surface area (Å²) < 4.78 is 4.99. The summed E-state index contributed by atoms with van der Waals surface area (Å²) in [4.78, 5) is 2.14. The van der Waals surface area contributed by atoms with Crippen LogP contribution in [0.3, 0.4) is 0 Å². The number of ether oxygens (including phenoxy) is 1. The van der Waals surface area contributed by atoms with Crippen LogP contribution in [0.1, 0.15) is 13.8 Å². The van der Waals surface area contributed by atoms with Gasteiger partial charge in [-0.15, -0.1) is 0 Å². The lowest BCUT2D eigenvalue weighted by Crippen LogP contribution is -2.51. The van der Waals surface area contributed by atoms with Crippen LogP contribution in [-0.4, -0.2) is 55.5 Å². The molecular formula is C9H22N2O2. The van der Waals surface area contributed by atoms with Gasteiger partial charge in [0.05, 0.1) is 13.2 Å². The molecule has 0 aromatic carbocycles. The summed E-state index contributed by atoms with van der Waals surface area (Å²) in [5.74, 6) is 0. The summed E-state index contributed by atoms with van der Waals surface area (Å²) in [5, 5.41) is 8.87. The highest BCUT2D eigenvalue weighted by Gasteiger charge is 2.23. The Morgan fingerprint density at radius 3 is 2.38 bits per heavy atom. The van der Waals surface area contributed by atoms with E-state index in [0.717, 1.165) is 6.54 Å². The average Bonchev–Trinajstić information content (AvgIpc) is 2.12. The van der Waals surface area contributed by atoms with Gasteiger partial charge in [-0.3, -0.25) is 4.90 Å². The minimum Gasteiger partial charge on any atom is -0.395 e. The maximum atomic E-state index is 8.87. The summed E-state index contributed by atoms with van der Waals surface area (Å²) in [5.41, 5.74) is 5.58. The Labute approximate surface area is 80.7 Å². The molecule has 0 radical (unpaired) electrons. The molecule has 0 atom stereocenters. The summed E-state index contributed by atoms with van der Waals surface area (Å²) in [7, 11) is 1.67. The predicted molar refractivity (Wildman–Crippen MR) is 53.7 cm³/mol. The Hall–Kier alpha value is -0.160. The van der Waals surface area contributed by atoms with Crippen LogP contribution in [0.25, 0.3) is 0 Å². The van der Waals surface area contributed by atoms with Gasteiger partial charge in [-0.1, -0.05) is 0 Å². The molecule has 0 saturated heterocycles. The second-order valence-corrected chi connectivity index (χ2v) is 3.72. The van der Waals surface area contributed by atoms with Gasteiger partial charge in [0.2, 0.25) is 0 Å². The van der Waals surface area contributed by atoms with Crippen LogP contribution in [0.2, 0.25) is 0 Å². The van der Waals surface area contributed by atoms with Crippen molar-refractivity contribution in [1.82, 2.24) is 4.90 Å². The van der Waals surface area contributed by atoms with Crippen molar-refractivity contribution in [3.63, 3.8) is 0 Å². The lowest BCUT2D eigenvalue weighted by molar-refractivity contribution is 0.0651. The maximum Gasteiger partial charge on any atom is 0.0589 e. The van der Waals surface area contributed by atoms with Gasteiger partial charge in [-0.2, -0.15) is 0 Å². The molecule has 4 nitrogen and oxygen atoms in total. The van der Waals surface area contributed by atoms with E-state index in [2.05, 4.69) is 18.7 Å². The van der Waals surface area contributed by atoms with E-state index in [1.807, 2.05) is 0 Å². The summed E-state index contributed by atoms with van der Waals surface area (Å²) in [6, 6.07) is 0. The van der Waals surface area contributed by atoms with Crippen molar-refractivity contribution < 1.29 is 9.84 Å². The van der Waals surface area contributed by atoms with Crippen LogP contribution in [0.5, 0.6) is 0 Å². The van der Waals surface area contributed by atoms with Gasteiger partial charge in [-0.05, 0) is 13.8 Å². The van der Waals surface area contributed by atoms with Crippen molar-refractivity contribution in [1.29, 1.82) is 0 Å². The van der Waals surface area contributed by atoms with Crippen LogP contribution in [0.4, 0.5) is 0 Å². The first kappa shape index (κ1) is 12.8. The highest BCUT2D eigenvalue weighted by atomic mass is 16.5. The molecule has 0 aliphatic heterocycles. The van der Waals surface area contributed by atoms with E-state index in [-0.39, 0.29) is 12.1 Å². The number of aliphatic hydroxyl groups is 1. The van der Waals surface area contributed by atoms with Gasteiger partial charge in [0.1, 0.15) is 0 Å². The number of β-amino-alcohol motifs (C(OH)–C–C–N with tert-alkyl or cyclic N) is 1. The van der Waals surface area contributed by atoms with Crippen LogP contribution in [0, 0.1) is 0 Å². The Bertz CT molecular complexity index is 129. The number of hydrogen-bond acceptors (Lipinski definition) is 4. The molecule has 0 aliphatic carbocycles. The van der Waals surface area contributed by atoms with Crippen molar-refractivity contribution in [3.8, 4) is 0 Å². The molecule has 0 bridgehead atoms. The van der Waals surface area contributed by atoms with E-state index in [0.29, 0.717) is 19.7 Å². The zero-order valence-electron chi connectivity index (χ0n) is 8.92. The van der Waals surface area contributed by atoms with E-state index in [1.165, 1.54) is 0 Å². The van der Waals surface area contributed by atoms with Gasteiger partial charge < -0.3 is 15.6 Å². The first-order chi connectivity index (χ1) is 6.08. The Balaban J connectivity index is 4.05. The molecule has 0 saturated carbocycles. The van der Waals surface area contributed by atoms with Gasteiger partial charge in [0, 0.05) is 32.3 Å². The molecular weight excluding hydrogens is 168 g/mol. The van der Waals surface area contributed by atoms with Crippen molar-refractivity contribution in [2.45, 2.75) is 19.4 Å². The van der Waals surface area contributed by atoms with Crippen LogP contribution < -0.4 is 5.73 Å².